The number of nitrogen functional groups attached to an aromatic ring is 1. The second-order valence-electron chi connectivity index (χ2n) is 4.25. The minimum Gasteiger partial charge on any atom is -0.396 e. The summed E-state index contributed by atoms with van der Waals surface area (Å²) in [5.74, 6) is 0. The normalized spacial score (nSPS) is 10.4. The molecule has 0 amide bonds. The fraction of sp³-hybridized carbons (Fsp3) is 0.200. The summed E-state index contributed by atoms with van der Waals surface area (Å²) in [7, 11) is 0. The van der Waals surface area contributed by atoms with Crippen LogP contribution in [-0.2, 0) is 0 Å². The van der Waals surface area contributed by atoms with E-state index in [-0.39, 0.29) is 0 Å². The van der Waals surface area contributed by atoms with E-state index in [4.69, 9.17) is 17.3 Å². The van der Waals surface area contributed by atoms with Crippen LogP contribution in [0.3, 0.4) is 0 Å². The minimum absolute atomic E-state index is 0.595. The van der Waals surface area contributed by atoms with Gasteiger partial charge in [-0.05, 0) is 38.1 Å². The summed E-state index contributed by atoms with van der Waals surface area (Å²) in [6, 6.07) is 14.1. The van der Waals surface area contributed by atoms with Crippen LogP contribution in [0.5, 0.6) is 0 Å². The van der Waals surface area contributed by atoms with Crippen molar-refractivity contribution in [1.29, 1.82) is 0 Å². The Labute approximate surface area is 113 Å². The molecule has 2 rings (SSSR count). The van der Waals surface area contributed by atoms with Crippen molar-refractivity contribution in [3.05, 3.63) is 53.1 Å². The second-order valence-corrected chi connectivity index (χ2v) is 4.66. The van der Waals surface area contributed by atoms with Crippen molar-refractivity contribution in [3.8, 4) is 0 Å². The van der Waals surface area contributed by atoms with Crippen molar-refractivity contribution >= 4 is 28.7 Å². The Morgan fingerprint density at radius 3 is 2.39 bits per heavy atom. The molecular weight excluding hydrogens is 244 g/mol. The first-order valence-electron chi connectivity index (χ1n) is 6.01. The highest BCUT2D eigenvalue weighted by Gasteiger charge is 2.11. The number of halogens is 1. The molecule has 0 unspecified atom stereocenters. The predicted molar refractivity (Wildman–Crippen MR) is 79.7 cm³/mol. The third kappa shape index (κ3) is 2.44. The number of aryl methyl sites for hydroxylation is 1. The molecule has 3 heteroatoms. The van der Waals surface area contributed by atoms with Gasteiger partial charge in [-0.1, -0.05) is 35.4 Å². The summed E-state index contributed by atoms with van der Waals surface area (Å²) < 4.78 is 0. The van der Waals surface area contributed by atoms with E-state index in [1.165, 1.54) is 5.56 Å². The van der Waals surface area contributed by atoms with Crippen molar-refractivity contribution in [2.24, 2.45) is 0 Å². The molecule has 2 N–H and O–H groups in total. The maximum absolute atomic E-state index is 6.08. The summed E-state index contributed by atoms with van der Waals surface area (Å²) in [5.41, 5.74) is 10.00. The van der Waals surface area contributed by atoms with Crippen molar-refractivity contribution in [1.82, 2.24) is 0 Å². The zero-order valence-corrected chi connectivity index (χ0v) is 11.4. The smallest absolute Gasteiger partial charge is 0.0744 e. The van der Waals surface area contributed by atoms with E-state index in [1.54, 1.807) is 0 Å². The molecule has 0 aliphatic heterocycles. The fourth-order valence-corrected chi connectivity index (χ4v) is 2.15. The molecule has 0 spiro atoms. The first-order chi connectivity index (χ1) is 8.63. The molecule has 18 heavy (non-hydrogen) atoms. The van der Waals surface area contributed by atoms with Gasteiger partial charge in [-0.2, -0.15) is 0 Å². The maximum Gasteiger partial charge on any atom is 0.0744 e. The Morgan fingerprint density at radius 2 is 1.78 bits per heavy atom. The lowest BCUT2D eigenvalue weighted by atomic mass is 10.2. The van der Waals surface area contributed by atoms with Crippen molar-refractivity contribution in [2.45, 2.75) is 13.8 Å². The Morgan fingerprint density at radius 1 is 1.11 bits per heavy atom. The van der Waals surface area contributed by atoms with Gasteiger partial charge in [-0.15, -0.1) is 0 Å². The lowest BCUT2D eigenvalue weighted by molar-refractivity contribution is 1.02. The highest BCUT2D eigenvalue weighted by molar-refractivity contribution is 6.33. The summed E-state index contributed by atoms with van der Waals surface area (Å²) in [6.07, 6.45) is 0. The average molecular weight is 261 g/mol. The van der Waals surface area contributed by atoms with Gasteiger partial charge in [0.1, 0.15) is 0 Å². The van der Waals surface area contributed by atoms with Gasteiger partial charge in [-0.3, -0.25) is 0 Å². The van der Waals surface area contributed by atoms with Crippen LogP contribution in [-0.4, -0.2) is 6.54 Å². The van der Waals surface area contributed by atoms with Gasteiger partial charge in [0.15, 0.2) is 0 Å². The molecule has 0 aromatic heterocycles. The number of hydrogen-bond acceptors (Lipinski definition) is 2. The lowest BCUT2D eigenvalue weighted by Gasteiger charge is -2.25. The molecule has 0 atom stereocenters. The SMILES string of the molecule is CCN(c1ccc(C)cc1)c1cccc(Cl)c1N. The van der Waals surface area contributed by atoms with E-state index in [2.05, 4.69) is 43.0 Å². The van der Waals surface area contributed by atoms with Crippen LogP contribution in [0.15, 0.2) is 42.5 Å². The molecule has 0 aliphatic rings. The zero-order chi connectivity index (χ0) is 13.1. The van der Waals surface area contributed by atoms with Gasteiger partial charge in [0.25, 0.3) is 0 Å². The summed E-state index contributed by atoms with van der Waals surface area (Å²) >= 11 is 6.08. The highest BCUT2D eigenvalue weighted by Crippen LogP contribution is 2.34. The van der Waals surface area contributed by atoms with Gasteiger partial charge < -0.3 is 10.6 Å². The fourth-order valence-electron chi connectivity index (χ4n) is 1.98. The number of benzene rings is 2. The maximum atomic E-state index is 6.08. The molecule has 94 valence electrons. The summed E-state index contributed by atoms with van der Waals surface area (Å²) in [6.45, 7) is 5.02. The topological polar surface area (TPSA) is 29.3 Å². The van der Waals surface area contributed by atoms with Crippen LogP contribution in [0, 0.1) is 6.92 Å². The molecule has 0 saturated heterocycles. The number of nitrogens with two attached hydrogens (primary N) is 1. The third-order valence-corrected chi connectivity index (χ3v) is 3.31. The molecular formula is C15H17ClN2. The van der Waals surface area contributed by atoms with Gasteiger partial charge in [0, 0.05) is 12.2 Å². The predicted octanol–water partition coefficient (Wildman–Crippen LogP) is 4.39. The first kappa shape index (κ1) is 12.8. The van der Waals surface area contributed by atoms with Crippen LogP contribution in [0.25, 0.3) is 0 Å². The number of nitrogens with zero attached hydrogens (tertiary/aromatic N) is 1. The van der Waals surface area contributed by atoms with E-state index in [0.29, 0.717) is 10.7 Å². The van der Waals surface area contributed by atoms with Crippen molar-refractivity contribution in [2.75, 3.05) is 17.2 Å². The Kier molecular flexibility index (Phi) is 3.78. The van der Waals surface area contributed by atoms with Crippen LogP contribution in [0.1, 0.15) is 12.5 Å². The second kappa shape index (κ2) is 5.32. The van der Waals surface area contributed by atoms with E-state index in [9.17, 15) is 0 Å². The number of hydrogen-bond donors (Lipinski definition) is 1. The van der Waals surface area contributed by atoms with Crippen molar-refractivity contribution < 1.29 is 0 Å². The summed E-state index contributed by atoms with van der Waals surface area (Å²) in [5, 5.41) is 0.595. The molecule has 0 heterocycles. The Hall–Kier alpha value is -1.67. The van der Waals surface area contributed by atoms with Crippen LogP contribution in [0.2, 0.25) is 5.02 Å². The number of rotatable bonds is 3. The van der Waals surface area contributed by atoms with Gasteiger partial charge in [-0.25, -0.2) is 0 Å². The number of para-hydroxylation sites is 1. The molecule has 2 aromatic rings. The molecule has 0 aliphatic carbocycles. The highest BCUT2D eigenvalue weighted by atomic mass is 35.5. The van der Waals surface area contributed by atoms with Gasteiger partial charge in [0.05, 0.1) is 16.4 Å². The lowest BCUT2D eigenvalue weighted by Crippen LogP contribution is -2.17. The van der Waals surface area contributed by atoms with Crippen molar-refractivity contribution in [3.63, 3.8) is 0 Å². The van der Waals surface area contributed by atoms with E-state index < -0.39 is 0 Å². The molecule has 2 nitrogen and oxygen atoms in total. The van der Waals surface area contributed by atoms with Crippen LogP contribution < -0.4 is 10.6 Å². The van der Waals surface area contributed by atoms with Gasteiger partial charge in [0.2, 0.25) is 0 Å². The van der Waals surface area contributed by atoms with E-state index in [1.807, 2.05) is 18.2 Å². The summed E-state index contributed by atoms with van der Waals surface area (Å²) in [4.78, 5) is 2.15. The van der Waals surface area contributed by atoms with E-state index >= 15 is 0 Å². The largest absolute Gasteiger partial charge is 0.396 e. The Balaban J connectivity index is 2.45. The molecule has 0 radical (unpaired) electrons. The Bertz CT molecular complexity index is 535. The van der Waals surface area contributed by atoms with Gasteiger partial charge >= 0.3 is 0 Å². The quantitative estimate of drug-likeness (QED) is 0.830. The molecule has 0 saturated carbocycles. The zero-order valence-electron chi connectivity index (χ0n) is 10.7. The number of anilines is 3. The minimum atomic E-state index is 0.595. The molecule has 2 aromatic carbocycles. The first-order valence-corrected chi connectivity index (χ1v) is 6.39. The standard InChI is InChI=1S/C15H17ClN2/c1-3-18(12-9-7-11(2)8-10-12)14-6-4-5-13(16)15(14)17/h4-10H,3,17H2,1-2H3. The molecule has 0 bridgehead atoms. The third-order valence-electron chi connectivity index (χ3n) is 2.98. The van der Waals surface area contributed by atoms with Crippen LogP contribution in [0.4, 0.5) is 17.1 Å². The average Bonchev–Trinajstić information content (AvgIpc) is 2.37. The van der Waals surface area contributed by atoms with E-state index in [0.717, 1.165) is 17.9 Å². The monoisotopic (exact) mass is 260 g/mol. The molecule has 0 fully saturated rings. The van der Waals surface area contributed by atoms with Crippen LogP contribution >= 0.6 is 11.6 Å².